The van der Waals surface area contributed by atoms with E-state index >= 15 is 0 Å². The number of likely N-dealkylation sites (N-methyl/N-ethyl adjacent to an activating group) is 1. The summed E-state index contributed by atoms with van der Waals surface area (Å²) in [7, 11) is 5.35. The lowest BCUT2D eigenvalue weighted by Gasteiger charge is -2.13. The van der Waals surface area contributed by atoms with Crippen molar-refractivity contribution in [2.45, 2.75) is 19.9 Å². The van der Waals surface area contributed by atoms with Crippen molar-refractivity contribution in [1.29, 1.82) is 0 Å². The number of halogens is 1. The van der Waals surface area contributed by atoms with Gasteiger partial charge in [0.15, 0.2) is 17.3 Å². The van der Waals surface area contributed by atoms with Gasteiger partial charge in [-0.25, -0.2) is 0 Å². The summed E-state index contributed by atoms with van der Waals surface area (Å²) in [4.78, 5) is 26.5. The zero-order valence-corrected chi connectivity index (χ0v) is 18.5. The van der Waals surface area contributed by atoms with Gasteiger partial charge in [-0.1, -0.05) is 18.5 Å². The largest absolute Gasteiger partial charge is 0.493 e. The van der Waals surface area contributed by atoms with Crippen molar-refractivity contribution >= 4 is 29.2 Å². The SMILES string of the molecule is CCCOc1c(Cl)cc(C(=O)Nc2ccn(CC(=O)NCCN(C)C)n2)cc1OC. The van der Waals surface area contributed by atoms with Crippen LogP contribution in [0.15, 0.2) is 24.4 Å². The lowest BCUT2D eigenvalue weighted by Crippen LogP contribution is -2.33. The first-order valence-corrected chi connectivity index (χ1v) is 9.98. The van der Waals surface area contributed by atoms with Crippen molar-refractivity contribution in [2.24, 2.45) is 0 Å². The summed E-state index contributed by atoms with van der Waals surface area (Å²) in [5.74, 6) is 0.542. The van der Waals surface area contributed by atoms with Gasteiger partial charge >= 0.3 is 0 Å². The Hall–Kier alpha value is -2.78. The summed E-state index contributed by atoms with van der Waals surface area (Å²) in [6, 6.07) is 4.68. The van der Waals surface area contributed by atoms with E-state index in [1.165, 1.54) is 17.9 Å². The fraction of sp³-hybridized carbons (Fsp3) is 0.450. The summed E-state index contributed by atoms with van der Waals surface area (Å²) in [6.07, 6.45) is 2.44. The molecule has 0 saturated carbocycles. The zero-order chi connectivity index (χ0) is 22.1. The summed E-state index contributed by atoms with van der Waals surface area (Å²) >= 11 is 6.27. The Labute approximate surface area is 181 Å². The van der Waals surface area contributed by atoms with Crippen molar-refractivity contribution in [3.8, 4) is 11.5 Å². The van der Waals surface area contributed by atoms with Crippen LogP contribution in [0, 0.1) is 0 Å². The van der Waals surface area contributed by atoms with Crippen molar-refractivity contribution in [2.75, 3.05) is 46.2 Å². The predicted octanol–water partition coefficient (Wildman–Crippen LogP) is 2.26. The minimum absolute atomic E-state index is 0.0619. The molecule has 0 radical (unpaired) electrons. The van der Waals surface area contributed by atoms with Gasteiger partial charge in [0.25, 0.3) is 5.91 Å². The highest BCUT2D eigenvalue weighted by Crippen LogP contribution is 2.36. The van der Waals surface area contributed by atoms with E-state index in [4.69, 9.17) is 21.1 Å². The van der Waals surface area contributed by atoms with E-state index in [0.717, 1.165) is 13.0 Å². The fourth-order valence-corrected chi connectivity index (χ4v) is 2.79. The van der Waals surface area contributed by atoms with Crippen LogP contribution in [0.1, 0.15) is 23.7 Å². The number of carbonyl (C=O) groups is 2. The molecule has 0 saturated heterocycles. The smallest absolute Gasteiger partial charge is 0.257 e. The maximum atomic E-state index is 12.6. The maximum Gasteiger partial charge on any atom is 0.257 e. The summed E-state index contributed by atoms with van der Waals surface area (Å²) in [5.41, 5.74) is 0.302. The van der Waals surface area contributed by atoms with Crippen molar-refractivity contribution in [3.63, 3.8) is 0 Å². The fourth-order valence-electron chi connectivity index (χ4n) is 2.52. The van der Waals surface area contributed by atoms with E-state index in [9.17, 15) is 9.59 Å². The van der Waals surface area contributed by atoms with Crippen LogP contribution in [0.5, 0.6) is 11.5 Å². The van der Waals surface area contributed by atoms with E-state index < -0.39 is 5.91 Å². The Morgan fingerprint density at radius 2 is 2.07 bits per heavy atom. The first-order valence-electron chi connectivity index (χ1n) is 9.60. The van der Waals surface area contributed by atoms with Crippen LogP contribution >= 0.6 is 11.6 Å². The van der Waals surface area contributed by atoms with E-state index in [1.807, 2.05) is 25.9 Å². The molecule has 0 spiro atoms. The number of hydrogen-bond donors (Lipinski definition) is 2. The standard InChI is InChI=1S/C20H28ClN5O4/c1-5-10-30-19-15(21)11-14(12-16(19)29-4)20(28)23-17-6-8-26(24-17)13-18(27)22-7-9-25(2)3/h6,8,11-12H,5,7,9-10,13H2,1-4H3,(H,22,27)(H,23,24,28). The van der Waals surface area contributed by atoms with Gasteiger partial charge in [-0.2, -0.15) is 5.10 Å². The summed E-state index contributed by atoms with van der Waals surface area (Å²) in [6.45, 7) is 3.83. The molecule has 0 fully saturated rings. The molecule has 0 aliphatic carbocycles. The Morgan fingerprint density at radius 1 is 1.30 bits per heavy atom. The van der Waals surface area contributed by atoms with Gasteiger partial charge in [-0.3, -0.25) is 14.3 Å². The minimum Gasteiger partial charge on any atom is -0.493 e. The van der Waals surface area contributed by atoms with E-state index in [2.05, 4.69) is 15.7 Å². The third-order valence-corrected chi connectivity index (χ3v) is 4.29. The molecule has 0 bridgehead atoms. The Bertz CT molecular complexity index is 869. The molecule has 0 aliphatic rings. The molecular formula is C20H28ClN5O4. The minimum atomic E-state index is -0.405. The van der Waals surface area contributed by atoms with Crippen molar-refractivity contribution < 1.29 is 19.1 Å². The molecule has 30 heavy (non-hydrogen) atoms. The van der Waals surface area contributed by atoms with Crippen LogP contribution in [0.2, 0.25) is 5.02 Å². The number of nitrogens with zero attached hydrogens (tertiary/aromatic N) is 3. The number of rotatable bonds is 11. The van der Waals surface area contributed by atoms with E-state index in [-0.39, 0.29) is 17.5 Å². The summed E-state index contributed by atoms with van der Waals surface area (Å²) < 4.78 is 12.4. The van der Waals surface area contributed by atoms with Crippen LogP contribution in [0.3, 0.4) is 0 Å². The number of nitrogens with one attached hydrogen (secondary N) is 2. The number of anilines is 1. The first kappa shape index (κ1) is 23.5. The molecule has 1 aromatic heterocycles. The monoisotopic (exact) mass is 437 g/mol. The Morgan fingerprint density at radius 3 is 2.73 bits per heavy atom. The highest BCUT2D eigenvalue weighted by Gasteiger charge is 2.17. The molecule has 2 rings (SSSR count). The molecule has 0 unspecified atom stereocenters. The molecular weight excluding hydrogens is 410 g/mol. The molecule has 1 heterocycles. The van der Waals surface area contributed by atoms with Crippen LogP contribution in [-0.2, 0) is 11.3 Å². The number of ether oxygens (including phenoxy) is 2. The second kappa shape index (κ2) is 11.4. The number of benzene rings is 1. The summed E-state index contributed by atoms with van der Waals surface area (Å²) in [5, 5.41) is 9.99. The van der Waals surface area contributed by atoms with E-state index in [0.29, 0.717) is 36.0 Å². The maximum absolute atomic E-state index is 12.6. The normalized spacial score (nSPS) is 10.7. The van der Waals surface area contributed by atoms with Crippen LogP contribution in [-0.4, -0.2) is 67.4 Å². The Balaban J connectivity index is 2.00. The van der Waals surface area contributed by atoms with Crippen molar-refractivity contribution in [1.82, 2.24) is 20.0 Å². The van der Waals surface area contributed by atoms with Gasteiger partial charge in [0, 0.05) is 30.9 Å². The average molecular weight is 438 g/mol. The number of methoxy groups -OCH3 is 1. The third-order valence-electron chi connectivity index (χ3n) is 4.01. The van der Waals surface area contributed by atoms with Gasteiger partial charge in [-0.05, 0) is 32.6 Å². The van der Waals surface area contributed by atoms with Gasteiger partial charge in [0.1, 0.15) is 6.54 Å². The quantitative estimate of drug-likeness (QED) is 0.559. The molecule has 2 N–H and O–H groups in total. The number of hydrogen-bond acceptors (Lipinski definition) is 6. The molecule has 2 amide bonds. The zero-order valence-electron chi connectivity index (χ0n) is 17.7. The molecule has 0 aliphatic heterocycles. The number of carbonyl (C=O) groups excluding carboxylic acids is 2. The van der Waals surface area contributed by atoms with Crippen LogP contribution in [0.25, 0.3) is 0 Å². The number of amides is 2. The molecule has 10 heteroatoms. The van der Waals surface area contributed by atoms with Crippen molar-refractivity contribution in [3.05, 3.63) is 35.0 Å². The highest BCUT2D eigenvalue weighted by atomic mass is 35.5. The van der Waals surface area contributed by atoms with Crippen LogP contribution in [0.4, 0.5) is 5.82 Å². The van der Waals surface area contributed by atoms with Gasteiger partial charge in [-0.15, -0.1) is 0 Å². The van der Waals surface area contributed by atoms with Crippen LogP contribution < -0.4 is 20.1 Å². The van der Waals surface area contributed by atoms with Gasteiger partial charge in [0.2, 0.25) is 5.91 Å². The average Bonchev–Trinajstić information content (AvgIpc) is 3.12. The topological polar surface area (TPSA) is 97.7 Å². The van der Waals surface area contributed by atoms with Gasteiger partial charge < -0.3 is 25.0 Å². The molecule has 0 atom stereocenters. The molecule has 9 nitrogen and oxygen atoms in total. The lowest BCUT2D eigenvalue weighted by molar-refractivity contribution is -0.121. The number of aromatic nitrogens is 2. The predicted molar refractivity (Wildman–Crippen MR) is 116 cm³/mol. The molecule has 164 valence electrons. The second-order valence-electron chi connectivity index (χ2n) is 6.84. The lowest BCUT2D eigenvalue weighted by atomic mass is 10.2. The second-order valence-corrected chi connectivity index (χ2v) is 7.25. The molecule has 1 aromatic carbocycles. The third kappa shape index (κ3) is 6.93. The highest BCUT2D eigenvalue weighted by molar-refractivity contribution is 6.32. The Kier molecular flexibility index (Phi) is 8.94. The first-order chi connectivity index (χ1) is 14.3. The van der Waals surface area contributed by atoms with E-state index in [1.54, 1.807) is 18.3 Å². The molecule has 2 aromatic rings. The van der Waals surface area contributed by atoms with Gasteiger partial charge in [0.05, 0.1) is 18.7 Å².